The highest BCUT2D eigenvalue weighted by molar-refractivity contribution is 5.94. The molecule has 2 amide bonds. The van der Waals surface area contributed by atoms with Crippen molar-refractivity contribution in [3.63, 3.8) is 0 Å². The Morgan fingerprint density at radius 1 is 0.846 bits per heavy atom. The fourth-order valence-corrected chi connectivity index (χ4v) is 3.73. The van der Waals surface area contributed by atoms with E-state index in [4.69, 9.17) is 14.2 Å². The van der Waals surface area contributed by atoms with Gasteiger partial charge in [-0.05, 0) is 29.7 Å². The van der Waals surface area contributed by atoms with Crippen molar-refractivity contribution < 1.29 is 28.6 Å². The van der Waals surface area contributed by atoms with Gasteiger partial charge >= 0.3 is 18.3 Å². The molecule has 1 heterocycles. The van der Waals surface area contributed by atoms with E-state index in [-0.39, 0.29) is 26.4 Å². The molecule has 0 fully saturated rings. The Morgan fingerprint density at radius 3 is 2.18 bits per heavy atom. The van der Waals surface area contributed by atoms with Gasteiger partial charge in [-0.3, -0.25) is 5.32 Å². The van der Waals surface area contributed by atoms with Gasteiger partial charge in [0.1, 0.15) is 19.5 Å². The van der Waals surface area contributed by atoms with Crippen LogP contribution in [-0.4, -0.2) is 34.4 Å². The SMILES string of the molecule is CCCCOC(=O)Nc1cc(CNC(=O)OCc2ccccc2)c2ncn(C(=O)OCc3ccccc3)c2c1. The van der Waals surface area contributed by atoms with Gasteiger partial charge in [0.05, 0.1) is 17.6 Å². The maximum atomic E-state index is 12.9. The number of aromatic nitrogens is 2. The number of nitrogens with zero attached hydrogens (tertiary/aromatic N) is 2. The molecule has 0 aliphatic rings. The predicted molar refractivity (Wildman–Crippen MR) is 145 cm³/mol. The highest BCUT2D eigenvalue weighted by Crippen LogP contribution is 2.24. The molecule has 4 rings (SSSR count). The lowest BCUT2D eigenvalue weighted by molar-refractivity contribution is 0.139. The maximum Gasteiger partial charge on any atom is 0.420 e. The van der Waals surface area contributed by atoms with Crippen LogP contribution in [0.25, 0.3) is 11.0 Å². The number of amides is 2. The van der Waals surface area contributed by atoms with Crippen molar-refractivity contribution in [3.8, 4) is 0 Å². The van der Waals surface area contributed by atoms with Crippen molar-refractivity contribution >= 4 is 35.0 Å². The molecule has 202 valence electrons. The standard InChI is InChI=1S/C29H30N4O6/c1-2-3-14-37-28(35)32-24-15-23(17-30-27(34)38-18-21-10-6-4-7-11-21)26-25(16-24)33(20-31-26)29(36)39-19-22-12-8-5-9-13-22/h4-13,15-16,20H,2-3,14,17-19H2,1H3,(H,30,34)(H,32,35). The van der Waals surface area contributed by atoms with Crippen LogP contribution in [0.15, 0.2) is 79.1 Å². The van der Waals surface area contributed by atoms with Gasteiger partial charge in [-0.1, -0.05) is 74.0 Å². The average Bonchev–Trinajstić information content (AvgIpc) is 3.39. The van der Waals surface area contributed by atoms with E-state index in [1.165, 1.54) is 10.9 Å². The van der Waals surface area contributed by atoms with Gasteiger partial charge in [-0.2, -0.15) is 0 Å². The van der Waals surface area contributed by atoms with Crippen LogP contribution < -0.4 is 10.6 Å². The Labute approximate surface area is 225 Å². The molecule has 0 saturated heterocycles. The van der Waals surface area contributed by atoms with Crippen molar-refractivity contribution in [3.05, 3.63) is 95.8 Å². The number of ether oxygens (including phenoxy) is 3. The van der Waals surface area contributed by atoms with E-state index in [1.54, 1.807) is 12.1 Å². The zero-order chi connectivity index (χ0) is 27.5. The highest BCUT2D eigenvalue weighted by atomic mass is 16.6. The Morgan fingerprint density at radius 2 is 1.51 bits per heavy atom. The van der Waals surface area contributed by atoms with Gasteiger partial charge in [0.15, 0.2) is 0 Å². The normalized spacial score (nSPS) is 10.6. The van der Waals surface area contributed by atoms with Gasteiger partial charge in [-0.15, -0.1) is 0 Å². The van der Waals surface area contributed by atoms with Crippen molar-refractivity contribution in [2.45, 2.75) is 39.5 Å². The zero-order valence-electron chi connectivity index (χ0n) is 21.6. The number of nitrogens with one attached hydrogen (secondary N) is 2. The van der Waals surface area contributed by atoms with Crippen LogP contribution in [0.3, 0.4) is 0 Å². The van der Waals surface area contributed by atoms with Crippen molar-refractivity contribution in [2.75, 3.05) is 11.9 Å². The Bertz CT molecular complexity index is 1410. The molecule has 10 heteroatoms. The molecule has 0 saturated carbocycles. The summed E-state index contributed by atoms with van der Waals surface area (Å²) >= 11 is 0. The van der Waals surface area contributed by atoms with Crippen LogP contribution in [0.1, 0.15) is 36.5 Å². The lowest BCUT2D eigenvalue weighted by Gasteiger charge is -2.12. The van der Waals surface area contributed by atoms with Crippen LogP contribution in [0.4, 0.5) is 20.1 Å². The number of fused-ring (bicyclic) bond motifs is 1. The van der Waals surface area contributed by atoms with Crippen LogP contribution in [-0.2, 0) is 34.0 Å². The molecule has 10 nitrogen and oxygen atoms in total. The molecule has 0 atom stereocenters. The first kappa shape index (κ1) is 27.2. The number of imidazole rings is 1. The number of benzene rings is 3. The molecule has 4 aromatic rings. The quantitative estimate of drug-likeness (QED) is 0.191. The molecule has 0 unspecified atom stereocenters. The Balaban J connectivity index is 1.50. The summed E-state index contributed by atoms with van der Waals surface area (Å²) < 4.78 is 17.2. The van der Waals surface area contributed by atoms with Gasteiger partial charge < -0.3 is 19.5 Å². The molecule has 3 aromatic carbocycles. The second kappa shape index (κ2) is 13.6. The van der Waals surface area contributed by atoms with E-state index in [9.17, 15) is 14.4 Å². The van der Waals surface area contributed by atoms with E-state index in [0.29, 0.717) is 22.3 Å². The minimum Gasteiger partial charge on any atom is -0.449 e. The molecule has 0 aliphatic carbocycles. The molecule has 2 N–H and O–H groups in total. The highest BCUT2D eigenvalue weighted by Gasteiger charge is 2.17. The van der Waals surface area contributed by atoms with Crippen molar-refractivity contribution in [2.24, 2.45) is 0 Å². The van der Waals surface area contributed by atoms with Crippen molar-refractivity contribution in [1.82, 2.24) is 14.9 Å². The summed E-state index contributed by atoms with van der Waals surface area (Å²) in [6.45, 7) is 2.53. The molecule has 1 aromatic heterocycles. The van der Waals surface area contributed by atoms with Gasteiger partial charge in [0, 0.05) is 17.8 Å². The third-order valence-corrected chi connectivity index (χ3v) is 5.75. The number of unbranched alkanes of at least 4 members (excludes halogenated alkanes) is 1. The number of carbonyl (C=O) groups is 3. The third kappa shape index (κ3) is 7.81. The zero-order valence-corrected chi connectivity index (χ0v) is 21.6. The molecular formula is C29H30N4O6. The first-order chi connectivity index (χ1) is 19.0. The van der Waals surface area contributed by atoms with Crippen LogP contribution in [0, 0.1) is 0 Å². The molecule has 0 aliphatic heterocycles. The third-order valence-electron chi connectivity index (χ3n) is 5.75. The number of rotatable bonds is 10. The maximum absolute atomic E-state index is 12.9. The smallest absolute Gasteiger partial charge is 0.420 e. The molecule has 0 radical (unpaired) electrons. The number of anilines is 1. The van der Waals surface area contributed by atoms with Crippen molar-refractivity contribution in [1.29, 1.82) is 0 Å². The summed E-state index contributed by atoms with van der Waals surface area (Å²) in [6, 6.07) is 21.9. The lowest BCUT2D eigenvalue weighted by Crippen LogP contribution is -2.24. The molecule has 0 spiro atoms. The fraction of sp³-hybridized carbons (Fsp3) is 0.241. The minimum absolute atomic E-state index is 0.0423. The first-order valence-electron chi connectivity index (χ1n) is 12.6. The Hall–Kier alpha value is -4.86. The fourth-order valence-electron chi connectivity index (χ4n) is 3.73. The monoisotopic (exact) mass is 530 g/mol. The van der Waals surface area contributed by atoms with Gasteiger partial charge in [0.2, 0.25) is 0 Å². The predicted octanol–water partition coefficient (Wildman–Crippen LogP) is 6.00. The summed E-state index contributed by atoms with van der Waals surface area (Å²) in [5.74, 6) is 0. The molecule has 39 heavy (non-hydrogen) atoms. The van der Waals surface area contributed by atoms with E-state index < -0.39 is 18.3 Å². The van der Waals surface area contributed by atoms with Crippen LogP contribution >= 0.6 is 0 Å². The summed E-state index contributed by atoms with van der Waals surface area (Å²) in [4.78, 5) is 41.9. The van der Waals surface area contributed by atoms with E-state index >= 15 is 0 Å². The number of hydrogen-bond acceptors (Lipinski definition) is 7. The second-order valence-corrected chi connectivity index (χ2v) is 8.69. The number of carbonyl (C=O) groups excluding carboxylic acids is 3. The average molecular weight is 531 g/mol. The molecular weight excluding hydrogens is 500 g/mol. The summed E-state index contributed by atoms with van der Waals surface area (Å²) in [5, 5.41) is 5.38. The van der Waals surface area contributed by atoms with E-state index in [2.05, 4.69) is 15.6 Å². The molecule has 0 bridgehead atoms. The van der Waals surface area contributed by atoms with E-state index in [0.717, 1.165) is 24.0 Å². The summed E-state index contributed by atoms with van der Waals surface area (Å²) in [5.41, 5.74) is 3.48. The topological polar surface area (TPSA) is 121 Å². The lowest BCUT2D eigenvalue weighted by atomic mass is 10.1. The van der Waals surface area contributed by atoms with Crippen LogP contribution in [0.2, 0.25) is 0 Å². The Kier molecular flexibility index (Phi) is 9.49. The second-order valence-electron chi connectivity index (χ2n) is 8.69. The summed E-state index contributed by atoms with van der Waals surface area (Å²) in [7, 11) is 0. The summed E-state index contributed by atoms with van der Waals surface area (Å²) in [6.07, 6.45) is 1.10. The van der Waals surface area contributed by atoms with E-state index in [1.807, 2.05) is 67.6 Å². The largest absolute Gasteiger partial charge is 0.449 e. The van der Waals surface area contributed by atoms with Gasteiger partial charge in [0.25, 0.3) is 0 Å². The van der Waals surface area contributed by atoms with Crippen LogP contribution in [0.5, 0.6) is 0 Å². The minimum atomic E-state index is -0.634. The number of hydrogen-bond donors (Lipinski definition) is 2. The first-order valence-corrected chi connectivity index (χ1v) is 12.6. The van der Waals surface area contributed by atoms with Gasteiger partial charge in [-0.25, -0.2) is 23.9 Å². The number of alkyl carbamates (subject to hydrolysis) is 1.